The van der Waals surface area contributed by atoms with Crippen molar-refractivity contribution in [1.29, 1.82) is 0 Å². The molecule has 0 amide bonds. The van der Waals surface area contributed by atoms with Gasteiger partial charge in [0.1, 0.15) is 23.2 Å². The summed E-state index contributed by atoms with van der Waals surface area (Å²) >= 11 is 0. The molecular formula is C20H29N5O2. The third kappa shape index (κ3) is 5.23. The first-order valence-corrected chi connectivity index (χ1v) is 9.42. The zero-order valence-electron chi connectivity index (χ0n) is 16.4. The number of piperazine rings is 1. The maximum Gasteiger partial charge on any atom is 0.134 e. The van der Waals surface area contributed by atoms with Gasteiger partial charge in [0.2, 0.25) is 0 Å². The van der Waals surface area contributed by atoms with Gasteiger partial charge in [-0.3, -0.25) is 0 Å². The van der Waals surface area contributed by atoms with E-state index >= 15 is 0 Å². The van der Waals surface area contributed by atoms with Gasteiger partial charge in [0, 0.05) is 58.2 Å². The van der Waals surface area contributed by atoms with Crippen LogP contribution in [0, 0.1) is 6.92 Å². The zero-order valence-corrected chi connectivity index (χ0v) is 16.4. The minimum Gasteiger partial charge on any atom is -0.497 e. The van der Waals surface area contributed by atoms with Crippen LogP contribution in [-0.4, -0.2) is 63.5 Å². The zero-order chi connectivity index (χ0) is 19.1. The highest BCUT2D eigenvalue weighted by Gasteiger charge is 2.19. The van der Waals surface area contributed by atoms with Gasteiger partial charge in [-0.05, 0) is 37.6 Å². The lowest BCUT2D eigenvalue weighted by Crippen LogP contribution is -2.46. The van der Waals surface area contributed by atoms with Crippen molar-refractivity contribution in [1.82, 2.24) is 9.97 Å². The number of benzene rings is 1. The molecule has 1 aromatic carbocycles. The smallest absolute Gasteiger partial charge is 0.134 e. The normalized spacial score (nSPS) is 14.3. The molecule has 1 aliphatic rings. The first-order chi connectivity index (χ1) is 13.2. The first-order valence-electron chi connectivity index (χ1n) is 9.42. The van der Waals surface area contributed by atoms with Gasteiger partial charge in [0.15, 0.2) is 0 Å². The van der Waals surface area contributed by atoms with Crippen molar-refractivity contribution in [3.8, 4) is 5.75 Å². The van der Waals surface area contributed by atoms with Crippen molar-refractivity contribution in [2.45, 2.75) is 13.3 Å². The Balaban J connectivity index is 1.58. The summed E-state index contributed by atoms with van der Waals surface area (Å²) in [5, 5.41) is 3.37. The topological polar surface area (TPSA) is 62.8 Å². The predicted octanol–water partition coefficient (Wildman–Crippen LogP) is 2.57. The van der Waals surface area contributed by atoms with E-state index in [0.29, 0.717) is 0 Å². The molecule has 1 N–H and O–H groups in total. The van der Waals surface area contributed by atoms with E-state index in [1.54, 1.807) is 14.2 Å². The molecule has 2 heterocycles. The van der Waals surface area contributed by atoms with Crippen LogP contribution in [0.4, 0.5) is 17.3 Å². The molecule has 0 aliphatic carbocycles. The number of rotatable bonds is 8. The summed E-state index contributed by atoms with van der Waals surface area (Å²) in [5.41, 5.74) is 1.23. The number of hydrogen-bond acceptors (Lipinski definition) is 7. The van der Waals surface area contributed by atoms with Gasteiger partial charge in [0.05, 0.1) is 7.11 Å². The summed E-state index contributed by atoms with van der Waals surface area (Å²) in [6, 6.07) is 10.3. The lowest BCUT2D eigenvalue weighted by Gasteiger charge is -2.37. The third-order valence-corrected chi connectivity index (χ3v) is 4.70. The lowest BCUT2D eigenvalue weighted by atomic mass is 10.2. The highest BCUT2D eigenvalue weighted by Crippen LogP contribution is 2.23. The Morgan fingerprint density at radius 3 is 2.37 bits per heavy atom. The summed E-state index contributed by atoms with van der Waals surface area (Å²) in [7, 11) is 3.41. The number of anilines is 3. The number of ether oxygens (including phenoxy) is 2. The van der Waals surface area contributed by atoms with Crippen LogP contribution in [0.3, 0.4) is 0 Å². The number of methoxy groups -OCH3 is 2. The average molecular weight is 371 g/mol. The third-order valence-electron chi connectivity index (χ3n) is 4.70. The molecule has 2 aromatic rings. The molecule has 1 aliphatic heterocycles. The summed E-state index contributed by atoms with van der Waals surface area (Å²) in [5.74, 6) is 3.55. The molecule has 1 saturated heterocycles. The number of nitrogens with one attached hydrogen (secondary N) is 1. The minimum atomic E-state index is 0.747. The van der Waals surface area contributed by atoms with E-state index in [2.05, 4.69) is 37.2 Å². The Morgan fingerprint density at radius 1 is 1.00 bits per heavy atom. The standard InChI is InChI=1S/C20H29N5O2/c1-16-22-19(21-9-4-14-26-2)15-20(23-16)25-12-10-24(11-13-25)17-5-7-18(27-3)8-6-17/h5-8,15H,4,9-14H2,1-3H3,(H,21,22,23). The van der Waals surface area contributed by atoms with Crippen molar-refractivity contribution in [3.63, 3.8) is 0 Å². The van der Waals surface area contributed by atoms with E-state index in [4.69, 9.17) is 9.47 Å². The second kappa shape index (κ2) is 9.41. The van der Waals surface area contributed by atoms with Crippen LogP contribution in [-0.2, 0) is 4.74 Å². The molecule has 0 radical (unpaired) electrons. The highest BCUT2D eigenvalue weighted by molar-refractivity contribution is 5.53. The van der Waals surface area contributed by atoms with E-state index in [1.165, 1.54) is 5.69 Å². The summed E-state index contributed by atoms with van der Waals surface area (Å²) < 4.78 is 10.3. The van der Waals surface area contributed by atoms with Crippen LogP contribution in [0.1, 0.15) is 12.2 Å². The molecule has 1 aromatic heterocycles. The van der Waals surface area contributed by atoms with Crippen LogP contribution in [0.15, 0.2) is 30.3 Å². The van der Waals surface area contributed by atoms with Gasteiger partial charge in [-0.25, -0.2) is 9.97 Å². The summed E-state index contributed by atoms with van der Waals surface area (Å²) in [6.45, 7) is 7.33. The van der Waals surface area contributed by atoms with Gasteiger partial charge in [-0.1, -0.05) is 0 Å². The van der Waals surface area contributed by atoms with E-state index < -0.39 is 0 Å². The minimum absolute atomic E-state index is 0.747. The second-order valence-electron chi connectivity index (χ2n) is 6.60. The van der Waals surface area contributed by atoms with E-state index in [0.717, 1.165) is 69.0 Å². The van der Waals surface area contributed by atoms with Gasteiger partial charge in [0.25, 0.3) is 0 Å². The van der Waals surface area contributed by atoms with Crippen molar-refractivity contribution in [2.24, 2.45) is 0 Å². The molecule has 146 valence electrons. The molecule has 7 nitrogen and oxygen atoms in total. The second-order valence-corrected chi connectivity index (χ2v) is 6.60. The maximum atomic E-state index is 5.24. The Bertz CT molecular complexity index is 715. The fraction of sp³-hybridized carbons (Fsp3) is 0.500. The fourth-order valence-electron chi connectivity index (χ4n) is 3.22. The molecule has 1 fully saturated rings. The van der Waals surface area contributed by atoms with Crippen LogP contribution in [0.25, 0.3) is 0 Å². The average Bonchev–Trinajstić information content (AvgIpc) is 2.71. The van der Waals surface area contributed by atoms with Crippen LogP contribution < -0.4 is 19.9 Å². The van der Waals surface area contributed by atoms with Gasteiger partial charge in [-0.2, -0.15) is 0 Å². The molecule has 0 atom stereocenters. The molecule has 0 saturated carbocycles. The van der Waals surface area contributed by atoms with Crippen LogP contribution in [0.5, 0.6) is 5.75 Å². The molecular weight excluding hydrogens is 342 g/mol. The Labute approximate surface area is 161 Å². The summed E-state index contributed by atoms with van der Waals surface area (Å²) in [6.07, 6.45) is 0.954. The number of aromatic nitrogens is 2. The van der Waals surface area contributed by atoms with E-state index in [-0.39, 0.29) is 0 Å². The molecule has 0 bridgehead atoms. The molecule has 27 heavy (non-hydrogen) atoms. The predicted molar refractivity (Wildman–Crippen MR) is 109 cm³/mol. The Kier molecular flexibility index (Phi) is 6.70. The number of nitrogens with zero attached hydrogens (tertiary/aromatic N) is 4. The fourth-order valence-corrected chi connectivity index (χ4v) is 3.22. The van der Waals surface area contributed by atoms with Gasteiger partial charge >= 0.3 is 0 Å². The number of hydrogen-bond donors (Lipinski definition) is 1. The SMILES string of the molecule is COCCCNc1cc(N2CCN(c3ccc(OC)cc3)CC2)nc(C)n1. The quantitative estimate of drug-likeness (QED) is 0.716. The van der Waals surface area contributed by atoms with Gasteiger partial charge < -0.3 is 24.6 Å². The molecule has 0 unspecified atom stereocenters. The largest absolute Gasteiger partial charge is 0.497 e. The monoisotopic (exact) mass is 371 g/mol. The van der Waals surface area contributed by atoms with Crippen molar-refractivity contribution in [2.75, 3.05) is 68.7 Å². The van der Waals surface area contributed by atoms with E-state index in [1.807, 2.05) is 25.1 Å². The van der Waals surface area contributed by atoms with Crippen molar-refractivity contribution < 1.29 is 9.47 Å². The van der Waals surface area contributed by atoms with Gasteiger partial charge in [-0.15, -0.1) is 0 Å². The van der Waals surface area contributed by atoms with Crippen molar-refractivity contribution >= 4 is 17.3 Å². The van der Waals surface area contributed by atoms with Crippen LogP contribution >= 0.6 is 0 Å². The van der Waals surface area contributed by atoms with E-state index in [9.17, 15) is 0 Å². The van der Waals surface area contributed by atoms with Crippen LogP contribution in [0.2, 0.25) is 0 Å². The Hall–Kier alpha value is -2.54. The first kappa shape index (κ1) is 19.2. The molecule has 3 rings (SSSR count). The molecule has 7 heteroatoms. The molecule has 0 spiro atoms. The lowest BCUT2D eigenvalue weighted by molar-refractivity contribution is 0.198. The highest BCUT2D eigenvalue weighted by atomic mass is 16.5. The van der Waals surface area contributed by atoms with Crippen molar-refractivity contribution in [3.05, 3.63) is 36.2 Å². The number of aryl methyl sites for hydroxylation is 1. The Morgan fingerprint density at radius 2 is 1.70 bits per heavy atom. The maximum absolute atomic E-state index is 5.24. The summed E-state index contributed by atoms with van der Waals surface area (Å²) in [4.78, 5) is 13.9.